The van der Waals surface area contributed by atoms with Crippen molar-refractivity contribution in [2.45, 2.75) is 11.3 Å². The Balaban J connectivity index is 1.57. The highest BCUT2D eigenvalue weighted by molar-refractivity contribution is 7.89. The van der Waals surface area contributed by atoms with E-state index in [4.69, 9.17) is 9.88 Å². The van der Waals surface area contributed by atoms with Crippen molar-refractivity contribution >= 4 is 39.2 Å². The van der Waals surface area contributed by atoms with E-state index in [-0.39, 0.29) is 28.5 Å². The first kappa shape index (κ1) is 23.6. The van der Waals surface area contributed by atoms with Crippen LogP contribution in [0.2, 0.25) is 0 Å². The van der Waals surface area contributed by atoms with Crippen LogP contribution in [0.15, 0.2) is 83.8 Å². The SMILES string of the molecule is NS(=O)(=O)c1ccc(NC(=O)COC(=O)c2ccccc2NC(=O)Cc2ccccc2)cc1. The van der Waals surface area contributed by atoms with Crippen LogP contribution in [-0.4, -0.2) is 32.8 Å². The van der Waals surface area contributed by atoms with Gasteiger partial charge in [0.2, 0.25) is 15.9 Å². The summed E-state index contributed by atoms with van der Waals surface area (Å²) in [5, 5.41) is 10.2. The third kappa shape index (κ3) is 6.99. The minimum atomic E-state index is -3.84. The number of hydrogen-bond donors (Lipinski definition) is 3. The summed E-state index contributed by atoms with van der Waals surface area (Å²) in [6.45, 7) is -0.581. The van der Waals surface area contributed by atoms with Crippen LogP contribution in [0.4, 0.5) is 11.4 Å². The van der Waals surface area contributed by atoms with E-state index >= 15 is 0 Å². The minimum absolute atomic E-state index is 0.0992. The number of sulfonamides is 1. The van der Waals surface area contributed by atoms with Gasteiger partial charge in [0.25, 0.3) is 5.91 Å². The lowest BCUT2D eigenvalue weighted by molar-refractivity contribution is -0.119. The molecule has 0 unspecified atom stereocenters. The fraction of sp³-hybridized carbons (Fsp3) is 0.0870. The van der Waals surface area contributed by atoms with Crippen LogP contribution in [0.25, 0.3) is 0 Å². The van der Waals surface area contributed by atoms with Crippen molar-refractivity contribution in [1.29, 1.82) is 0 Å². The summed E-state index contributed by atoms with van der Waals surface area (Å²) in [7, 11) is -3.84. The largest absolute Gasteiger partial charge is 0.452 e. The number of para-hydroxylation sites is 1. The Kier molecular flexibility index (Phi) is 7.54. The van der Waals surface area contributed by atoms with Gasteiger partial charge >= 0.3 is 5.97 Å². The van der Waals surface area contributed by atoms with Gasteiger partial charge in [-0.05, 0) is 42.0 Å². The second-order valence-corrected chi connectivity index (χ2v) is 8.51. The number of nitrogens with two attached hydrogens (primary N) is 1. The minimum Gasteiger partial charge on any atom is -0.452 e. The van der Waals surface area contributed by atoms with Gasteiger partial charge in [0.15, 0.2) is 6.61 Å². The Morgan fingerprint density at radius 3 is 2.09 bits per heavy atom. The lowest BCUT2D eigenvalue weighted by atomic mass is 10.1. The number of ether oxygens (including phenoxy) is 1. The number of esters is 1. The molecule has 0 saturated heterocycles. The molecule has 0 heterocycles. The number of anilines is 2. The van der Waals surface area contributed by atoms with E-state index in [0.29, 0.717) is 5.69 Å². The first-order chi connectivity index (χ1) is 15.7. The molecule has 4 N–H and O–H groups in total. The molecule has 0 atom stereocenters. The van der Waals surface area contributed by atoms with Crippen molar-refractivity contribution in [2.24, 2.45) is 5.14 Å². The van der Waals surface area contributed by atoms with Gasteiger partial charge < -0.3 is 15.4 Å². The highest BCUT2D eigenvalue weighted by atomic mass is 32.2. The molecule has 3 aromatic carbocycles. The molecule has 9 nitrogen and oxygen atoms in total. The molecule has 3 aromatic rings. The zero-order valence-corrected chi connectivity index (χ0v) is 18.2. The van der Waals surface area contributed by atoms with E-state index < -0.39 is 28.5 Å². The molecule has 0 saturated carbocycles. The van der Waals surface area contributed by atoms with Crippen molar-refractivity contribution in [2.75, 3.05) is 17.2 Å². The normalized spacial score (nSPS) is 10.8. The van der Waals surface area contributed by atoms with Crippen LogP contribution in [0.3, 0.4) is 0 Å². The zero-order chi connectivity index (χ0) is 23.8. The number of hydrogen-bond acceptors (Lipinski definition) is 6. The number of benzene rings is 3. The number of amides is 2. The van der Waals surface area contributed by atoms with Crippen LogP contribution >= 0.6 is 0 Å². The smallest absolute Gasteiger partial charge is 0.340 e. The topological polar surface area (TPSA) is 145 Å². The molecule has 2 amide bonds. The average Bonchev–Trinajstić information content (AvgIpc) is 2.78. The zero-order valence-electron chi connectivity index (χ0n) is 17.4. The predicted octanol–water partition coefficient (Wildman–Crippen LogP) is 2.31. The van der Waals surface area contributed by atoms with Gasteiger partial charge in [-0.2, -0.15) is 0 Å². The van der Waals surface area contributed by atoms with Crippen molar-refractivity contribution in [1.82, 2.24) is 0 Å². The van der Waals surface area contributed by atoms with Crippen LogP contribution in [0, 0.1) is 0 Å². The van der Waals surface area contributed by atoms with E-state index in [0.717, 1.165) is 5.56 Å². The van der Waals surface area contributed by atoms with Crippen molar-refractivity contribution in [3.63, 3.8) is 0 Å². The third-order valence-corrected chi connectivity index (χ3v) is 5.36. The first-order valence-electron chi connectivity index (χ1n) is 9.75. The Morgan fingerprint density at radius 1 is 0.788 bits per heavy atom. The summed E-state index contributed by atoms with van der Waals surface area (Å²) in [6.07, 6.45) is 0.136. The molecule has 33 heavy (non-hydrogen) atoms. The van der Waals surface area contributed by atoms with Crippen LogP contribution in [-0.2, 0) is 30.8 Å². The molecule has 10 heteroatoms. The molecular formula is C23H21N3O6S. The maximum absolute atomic E-state index is 12.5. The summed E-state index contributed by atoms with van der Waals surface area (Å²) < 4.78 is 27.6. The Hall–Kier alpha value is -4.02. The monoisotopic (exact) mass is 467 g/mol. The Bertz CT molecular complexity index is 1260. The standard InChI is InChI=1S/C23H21N3O6S/c24-33(30,31)18-12-10-17(11-13-18)25-22(28)15-32-23(29)19-8-4-5-9-20(19)26-21(27)14-16-6-2-1-3-7-16/h1-13H,14-15H2,(H,25,28)(H,26,27)(H2,24,30,31). The van der Waals surface area contributed by atoms with Crippen molar-refractivity contribution < 1.29 is 27.5 Å². The van der Waals surface area contributed by atoms with Crippen molar-refractivity contribution in [3.8, 4) is 0 Å². The summed E-state index contributed by atoms with van der Waals surface area (Å²) in [4.78, 5) is 36.8. The van der Waals surface area contributed by atoms with E-state index in [1.165, 1.54) is 30.3 Å². The lowest BCUT2D eigenvalue weighted by Gasteiger charge is -2.11. The maximum atomic E-state index is 12.5. The summed E-state index contributed by atoms with van der Waals surface area (Å²) in [5.74, 6) is -1.72. The molecule has 0 aliphatic heterocycles. The van der Waals surface area contributed by atoms with Crippen LogP contribution < -0.4 is 15.8 Å². The molecule has 0 radical (unpaired) electrons. The van der Waals surface area contributed by atoms with E-state index in [1.54, 1.807) is 18.2 Å². The quantitative estimate of drug-likeness (QED) is 0.434. The van der Waals surface area contributed by atoms with Gasteiger partial charge in [0.1, 0.15) is 0 Å². The molecule has 0 aromatic heterocycles. The Labute approximate surface area is 190 Å². The molecule has 0 bridgehead atoms. The van der Waals surface area contributed by atoms with E-state index in [2.05, 4.69) is 10.6 Å². The van der Waals surface area contributed by atoms with Crippen LogP contribution in [0.5, 0.6) is 0 Å². The van der Waals surface area contributed by atoms with Gasteiger partial charge in [0.05, 0.1) is 22.6 Å². The summed E-state index contributed by atoms with van der Waals surface area (Å²) >= 11 is 0. The number of rotatable bonds is 8. The third-order valence-electron chi connectivity index (χ3n) is 4.43. The second kappa shape index (κ2) is 10.5. The van der Waals surface area contributed by atoms with Gasteiger partial charge in [-0.15, -0.1) is 0 Å². The molecular weight excluding hydrogens is 446 g/mol. The number of carbonyl (C=O) groups is 3. The highest BCUT2D eigenvalue weighted by Gasteiger charge is 2.16. The molecule has 0 fully saturated rings. The summed E-state index contributed by atoms with van der Waals surface area (Å²) in [6, 6.07) is 20.6. The summed E-state index contributed by atoms with van der Waals surface area (Å²) in [5.41, 5.74) is 1.49. The molecule has 3 rings (SSSR count). The molecule has 170 valence electrons. The number of primary sulfonamides is 1. The number of carbonyl (C=O) groups excluding carboxylic acids is 3. The first-order valence-corrected chi connectivity index (χ1v) is 11.3. The Morgan fingerprint density at radius 2 is 1.42 bits per heavy atom. The van der Waals surface area contributed by atoms with Gasteiger partial charge in [0, 0.05) is 5.69 Å². The van der Waals surface area contributed by atoms with Gasteiger partial charge in [-0.3, -0.25) is 9.59 Å². The second-order valence-electron chi connectivity index (χ2n) is 6.95. The fourth-order valence-corrected chi connectivity index (χ4v) is 3.40. The average molecular weight is 468 g/mol. The molecule has 0 aliphatic rings. The molecule has 0 aliphatic carbocycles. The van der Waals surface area contributed by atoms with E-state index in [9.17, 15) is 22.8 Å². The van der Waals surface area contributed by atoms with Crippen molar-refractivity contribution in [3.05, 3.63) is 90.0 Å². The lowest BCUT2D eigenvalue weighted by Crippen LogP contribution is -2.22. The van der Waals surface area contributed by atoms with Gasteiger partial charge in [-0.1, -0.05) is 42.5 Å². The predicted molar refractivity (Wildman–Crippen MR) is 122 cm³/mol. The number of nitrogens with one attached hydrogen (secondary N) is 2. The fourth-order valence-electron chi connectivity index (χ4n) is 2.88. The van der Waals surface area contributed by atoms with Gasteiger partial charge in [-0.25, -0.2) is 18.4 Å². The highest BCUT2D eigenvalue weighted by Crippen LogP contribution is 2.17. The maximum Gasteiger partial charge on any atom is 0.340 e. The van der Waals surface area contributed by atoms with Crippen LogP contribution in [0.1, 0.15) is 15.9 Å². The molecule has 0 spiro atoms. The van der Waals surface area contributed by atoms with E-state index in [1.807, 2.05) is 30.3 Å².